The van der Waals surface area contributed by atoms with Crippen molar-refractivity contribution in [3.63, 3.8) is 0 Å². The van der Waals surface area contributed by atoms with E-state index in [4.69, 9.17) is 9.84 Å². The third-order valence-corrected chi connectivity index (χ3v) is 3.06. The fraction of sp³-hybridized carbons (Fsp3) is 0.467. The van der Waals surface area contributed by atoms with Crippen molar-refractivity contribution in [2.45, 2.75) is 26.4 Å². The molecule has 0 fully saturated rings. The molecule has 0 aromatic heterocycles. The van der Waals surface area contributed by atoms with Gasteiger partial charge in [0.15, 0.2) is 0 Å². The van der Waals surface area contributed by atoms with Gasteiger partial charge in [0.2, 0.25) is 0 Å². The van der Waals surface area contributed by atoms with Crippen molar-refractivity contribution in [2.24, 2.45) is 5.92 Å². The van der Waals surface area contributed by atoms with Crippen LogP contribution in [0.2, 0.25) is 0 Å². The van der Waals surface area contributed by atoms with Gasteiger partial charge in [0, 0.05) is 19.2 Å². The molecule has 0 aliphatic heterocycles. The van der Waals surface area contributed by atoms with Crippen LogP contribution in [0.5, 0.6) is 5.75 Å². The Morgan fingerprint density at radius 2 is 2.00 bits per heavy atom. The van der Waals surface area contributed by atoms with Crippen molar-refractivity contribution in [3.8, 4) is 5.75 Å². The van der Waals surface area contributed by atoms with Crippen LogP contribution >= 0.6 is 0 Å². The number of hydrogen-bond acceptors (Lipinski definition) is 3. The maximum Gasteiger partial charge on any atom is 0.119 e. The van der Waals surface area contributed by atoms with Crippen molar-refractivity contribution < 1.29 is 9.84 Å². The summed E-state index contributed by atoms with van der Waals surface area (Å²) in [7, 11) is 0. The Labute approximate surface area is 109 Å². The van der Waals surface area contributed by atoms with E-state index >= 15 is 0 Å². The minimum atomic E-state index is 0.211. The topological polar surface area (TPSA) is 41.5 Å². The van der Waals surface area contributed by atoms with Gasteiger partial charge in [-0.05, 0) is 30.5 Å². The normalized spacial score (nSPS) is 13.9. The fourth-order valence-electron chi connectivity index (χ4n) is 1.50. The monoisotopic (exact) mass is 249 g/mol. The molecule has 1 aromatic rings. The fourth-order valence-corrected chi connectivity index (χ4v) is 1.50. The highest BCUT2D eigenvalue weighted by Gasteiger charge is 2.09. The smallest absolute Gasteiger partial charge is 0.119 e. The molecule has 3 nitrogen and oxygen atoms in total. The average Bonchev–Trinajstić information content (AvgIpc) is 2.42. The predicted molar refractivity (Wildman–Crippen MR) is 74.7 cm³/mol. The minimum absolute atomic E-state index is 0.211. The number of hydrogen-bond donors (Lipinski definition) is 2. The van der Waals surface area contributed by atoms with Crippen LogP contribution in [0.3, 0.4) is 0 Å². The van der Waals surface area contributed by atoms with Crippen LogP contribution in [-0.4, -0.2) is 24.4 Å². The summed E-state index contributed by atoms with van der Waals surface area (Å²) in [5.74, 6) is 1.12. The summed E-state index contributed by atoms with van der Waals surface area (Å²) in [6.45, 7) is 9.27. The molecule has 1 rings (SSSR count). The molecule has 2 N–H and O–H groups in total. The van der Waals surface area contributed by atoms with Crippen molar-refractivity contribution in [1.82, 2.24) is 5.32 Å². The molecule has 0 bridgehead atoms. The maximum absolute atomic E-state index is 9.06. The van der Waals surface area contributed by atoms with Crippen LogP contribution in [-0.2, 0) is 6.54 Å². The second-order valence-electron chi connectivity index (χ2n) is 4.57. The van der Waals surface area contributed by atoms with Gasteiger partial charge in [0.1, 0.15) is 12.4 Å². The summed E-state index contributed by atoms with van der Waals surface area (Å²) in [6.07, 6.45) is 1.73. The van der Waals surface area contributed by atoms with E-state index in [0.29, 0.717) is 12.6 Å². The van der Waals surface area contributed by atoms with Gasteiger partial charge >= 0.3 is 0 Å². The Morgan fingerprint density at radius 1 is 1.33 bits per heavy atom. The van der Waals surface area contributed by atoms with E-state index in [0.717, 1.165) is 12.3 Å². The van der Waals surface area contributed by atoms with E-state index in [1.165, 1.54) is 5.56 Å². The predicted octanol–water partition coefficient (Wildman–Crippen LogP) is 2.36. The number of benzene rings is 1. The third kappa shape index (κ3) is 4.90. The molecule has 2 atom stereocenters. The molecular formula is C15H23NO2. The van der Waals surface area contributed by atoms with Gasteiger partial charge in [-0.1, -0.05) is 31.7 Å². The van der Waals surface area contributed by atoms with Crippen LogP contribution in [0.1, 0.15) is 19.4 Å². The van der Waals surface area contributed by atoms with Gasteiger partial charge in [0.05, 0.1) is 0 Å². The zero-order valence-corrected chi connectivity index (χ0v) is 11.2. The van der Waals surface area contributed by atoms with Crippen LogP contribution in [0, 0.1) is 5.92 Å². The lowest BCUT2D eigenvalue weighted by molar-refractivity contribution is 0.207. The van der Waals surface area contributed by atoms with Gasteiger partial charge in [0.25, 0.3) is 0 Å². The third-order valence-electron chi connectivity index (χ3n) is 3.06. The summed E-state index contributed by atoms with van der Waals surface area (Å²) in [4.78, 5) is 0. The molecule has 0 saturated carbocycles. The van der Waals surface area contributed by atoms with Crippen molar-refractivity contribution in [2.75, 3.05) is 13.2 Å². The van der Waals surface area contributed by atoms with Crippen LogP contribution in [0.4, 0.5) is 0 Å². The summed E-state index contributed by atoms with van der Waals surface area (Å²) >= 11 is 0. The molecule has 0 radical (unpaired) electrons. The van der Waals surface area contributed by atoms with Gasteiger partial charge in [-0.2, -0.15) is 0 Å². The van der Waals surface area contributed by atoms with Crippen molar-refractivity contribution in [1.29, 1.82) is 0 Å². The first kappa shape index (κ1) is 14.7. The molecule has 0 spiro atoms. The van der Waals surface area contributed by atoms with E-state index < -0.39 is 0 Å². The summed E-state index contributed by atoms with van der Waals surface area (Å²) in [5.41, 5.74) is 1.21. The number of aliphatic hydroxyl groups excluding tert-OH is 1. The van der Waals surface area contributed by atoms with E-state index in [2.05, 4.69) is 18.8 Å². The van der Waals surface area contributed by atoms with Gasteiger partial charge in [-0.3, -0.25) is 0 Å². The first-order chi connectivity index (χ1) is 8.67. The average molecular weight is 249 g/mol. The lowest BCUT2D eigenvalue weighted by atomic mass is 10.0. The minimum Gasteiger partial charge on any atom is -0.490 e. The zero-order valence-electron chi connectivity index (χ0n) is 11.2. The number of aliphatic hydroxyl groups is 1. The molecule has 0 aliphatic rings. The van der Waals surface area contributed by atoms with Crippen molar-refractivity contribution >= 4 is 0 Å². The van der Waals surface area contributed by atoms with E-state index in [1.54, 1.807) is 6.08 Å². The van der Waals surface area contributed by atoms with E-state index in [-0.39, 0.29) is 12.5 Å². The molecule has 3 heteroatoms. The lowest BCUT2D eigenvalue weighted by Crippen LogP contribution is -2.33. The van der Waals surface area contributed by atoms with E-state index in [1.807, 2.05) is 31.2 Å². The molecule has 0 heterocycles. The molecule has 18 heavy (non-hydrogen) atoms. The molecule has 0 amide bonds. The Morgan fingerprint density at radius 3 is 2.56 bits per heavy atom. The first-order valence-corrected chi connectivity index (χ1v) is 6.34. The summed E-state index contributed by atoms with van der Waals surface area (Å²) in [5, 5.41) is 12.5. The SMILES string of the molecule is C=CCOc1ccc(CNC(C)C(C)CO)cc1. The Bertz CT molecular complexity index is 348. The second-order valence-corrected chi connectivity index (χ2v) is 4.57. The molecular weight excluding hydrogens is 226 g/mol. The van der Waals surface area contributed by atoms with Crippen LogP contribution in [0.25, 0.3) is 0 Å². The Kier molecular flexibility index (Phi) is 6.47. The zero-order chi connectivity index (χ0) is 13.4. The molecule has 0 saturated heterocycles. The number of rotatable bonds is 8. The molecule has 2 unspecified atom stereocenters. The maximum atomic E-state index is 9.06. The van der Waals surface area contributed by atoms with E-state index in [9.17, 15) is 0 Å². The van der Waals surface area contributed by atoms with Crippen LogP contribution in [0.15, 0.2) is 36.9 Å². The number of nitrogens with one attached hydrogen (secondary N) is 1. The molecule has 100 valence electrons. The summed E-state index contributed by atoms with van der Waals surface area (Å²) < 4.78 is 5.42. The van der Waals surface area contributed by atoms with Gasteiger partial charge in [-0.25, -0.2) is 0 Å². The molecule has 1 aromatic carbocycles. The Hall–Kier alpha value is -1.32. The molecule has 0 aliphatic carbocycles. The lowest BCUT2D eigenvalue weighted by Gasteiger charge is -2.19. The largest absolute Gasteiger partial charge is 0.490 e. The summed E-state index contributed by atoms with van der Waals surface area (Å²) in [6, 6.07) is 8.30. The highest BCUT2D eigenvalue weighted by atomic mass is 16.5. The number of ether oxygens (including phenoxy) is 1. The first-order valence-electron chi connectivity index (χ1n) is 6.34. The highest BCUT2D eigenvalue weighted by Crippen LogP contribution is 2.12. The van der Waals surface area contributed by atoms with Crippen LogP contribution < -0.4 is 10.1 Å². The standard InChI is InChI=1S/C15H23NO2/c1-4-9-18-15-7-5-14(6-8-15)10-16-13(3)12(2)11-17/h4-8,12-13,16-17H,1,9-11H2,2-3H3. The van der Waals surface area contributed by atoms with Gasteiger partial charge < -0.3 is 15.2 Å². The second kappa shape index (κ2) is 7.90. The Balaban J connectivity index is 2.41. The quantitative estimate of drug-likeness (QED) is 0.695. The van der Waals surface area contributed by atoms with Gasteiger partial charge in [-0.15, -0.1) is 0 Å². The highest BCUT2D eigenvalue weighted by molar-refractivity contribution is 5.27. The van der Waals surface area contributed by atoms with Crippen molar-refractivity contribution in [3.05, 3.63) is 42.5 Å².